The summed E-state index contributed by atoms with van der Waals surface area (Å²) in [5.41, 5.74) is 1.05. The first-order valence-electron chi connectivity index (χ1n) is 6.94. The van der Waals surface area contributed by atoms with Crippen LogP contribution in [-0.4, -0.2) is 24.3 Å². The molecule has 0 spiro atoms. The maximum Gasteiger partial charge on any atom is 0.315 e. The van der Waals surface area contributed by atoms with Crippen LogP contribution in [-0.2, 0) is 6.42 Å². The van der Waals surface area contributed by atoms with Gasteiger partial charge in [0.2, 0.25) is 0 Å². The maximum atomic E-state index is 11.9. The van der Waals surface area contributed by atoms with Crippen molar-refractivity contribution < 1.29 is 14.3 Å². The fourth-order valence-corrected chi connectivity index (χ4v) is 2.68. The number of aryl methyl sites for hydroxylation is 1. The van der Waals surface area contributed by atoms with E-state index in [0.29, 0.717) is 6.54 Å². The second kappa shape index (κ2) is 4.89. The number of fused-ring (bicyclic) bond motifs is 1. The number of aliphatic hydroxyl groups excluding tert-OH is 1. The van der Waals surface area contributed by atoms with Crippen LogP contribution >= 0.6 is 0 Å². The lowest BCUT2D eigenvalue weighted by Crippen LogP contribution is -2.41. The number of carbonyl (C=O) groups is 1. The average Bonchev–Trinajstić information content (AvgIpc) is 3.05. The molecule has 2 amide bonds. The normalized spacial score (nSPS) is 23.5. The van der Waals surface area contributed by atoms with Crippen molar-refractivity contribution in [3.63, 3.8) is 0 Å². The van der Waals surface area contributed by atoms with E-state index in [0.717, 1.165) is 43.4 Å². The minimum absolute atomic E-state index is 0.0479. The van der Waals surface area contributed by atoms with Gasteiger partial charge < -0.3 is 20.2 Å². The van der Waals surface area contributed by atoms with Crippen LogP contribution < -0.4 is 10.6 Å². The number of amides is 2. The zero-order valence-electron chi connectivity index (χ0n) is 10.9. The van der Waals surface area contributed by atoms with E-state index < -0.39 is 0 Å². The van der Waals surface area contributed by atoms with Gasteiger partial charge in [-0.05, 0) is 31.7 Å². The van der Waals surface area contributed by atoms with E-state index in [1.54, 1.807) is 6.26 Å². The number of furan rings is 1. The summed E-state index contributed by atoms with van der Waals surface area (Å²) in [6.45, 7) is 0.711. The molecule has 0 radical (unpaired) electrons. The van der Waals surface area contributed by atoms with E-state index in [1.807, 2.05) is 6.07 Å². The molecule has 1 aromatic heterocycles. The topological polar surface area (TPSA) is 74.5 Å². The van der Waals surface area contributed by atoms with Gasteiger partial charge >= 0.3 is 6.03 Å². The van der Waals surface area contributed by atoms with Crippen LogP contribution in [0.3, 0.4) is 0 Å². The Kier molecular flexibility index (Phi) is 3.22. The molecule has 0 aromatic carbocycles. The van der Waals surface area contributed by atoms with E-state index in [-0.39, 0.29) is 24.1 Å². The quantitative estimate of drug-likeness (QED) is 0.775. The van der Waals surface area contributed by atoms with Gasteiger partial charge in [0.25, 0.3) is 0 Å². The van der Waals surface area contributed by atoms with Crippen LogP contribution in [0, 0.1) is 5.41 Å². The highest BCUT2D eigenvalue weighted by atomic mass is 16.3. The molecule has 0 aliphatic heterocycles. The number of urea groups is 1. The van der Waals surface area contributed by atoms with Gasteiger partial charge in [0, 0.05) is 23.9 Å². The van der Waals surface area contributed by atoms with Crippen LogP contribution in [0.5, 0.6) is 0 Å². The molecule has 3 N–H and O–H groups in total. The van der Waals surface area contributed by atoms with E-state index in [1.165, 1.54) is 0 Å². The first-order chi connectivity index (χ1) is 9.22. The number of rotatable bonds is 4. The van der Waals surface area contributed by atoms with Crippen molar-refractivity contribution in [2.45, 2.75) is 38.1 Å². The minimum atomic E-state index is -0.154. The van der Waals surface area contributed by atoms with E-state index in [9.17, 15) is 9.90 Å². The van der Waals surface area contributed by atoms with Crippen LogP contribution in [0.4, 0.5) is 4.79 Å². The van der Waals surface area contributed by atoms with Gasteiger partial charge in [0.15, 0.2) is 0 Å². The highest BCUT2D eigenvalue weighted by Crippen LogP contribution is 2.44. The number of hydrogen-bond acceptors (Lipinski definition) is 3. The summed E-state index contributed by atoms with van der Waals surface area (Å²) in [7, 11) is 0. The molecule has 19 heavy (non-hydrogen) atoms. The summed E-state index contributed by atoms with van der Waals surface area (Å²) in [5.74, 6) is 0.991. The first-order valence-corrected chi connectivity index (χ1v) is 6.94. The Balaban J connectivity index is 1.53. The molecule has 1 heterocycles. The Bertz CT molecular complexity index is 465. The zero-order chi connectivity index (χ0) is 13.3. The smallest absolute Gasteiger partial charge is 0.315 e. The lowest BCUT2D eigenvalue weighted by Gasteiger charge is -2.23. The lowest BCUT2D eigenvalue weighted by molar-refractivity contribution is 0.201. The van der Waals surface area contributed by atoms with Crippen LogP contribution in [0.1, 0.15) is 43.0 Å². The Morgan fingerprint density at radius 2 is 2.37 bits per heavy atom. The predicted molar refractivity (Wildman–Crippen MR) is 69.7 cm³/mol. The lowest BCUT2D eigenvalue weighted by atomic mass is 9.93. The van der Waals surface area contributed by atoms with Gasteiger partial charge in [0.1, 0.15) is 5.76 Å². The number of aliphatic hydroxyl groups is 1. The van der Waals surface area contributed by atoms with Crippen molar-refractivity contribution in [2.75, 3.05) is 13.2 Å². The summed E-state index contributed by atoms with van der Waals surface area (Å²) in [6.07, 6.45) is 6.62. The van der Waals surface area contributed by atoms with Gasteiger partial charge in [-0.2, -0.15) is 0 Å². The molecule has 0 saturated heterocycles. The highest BCUT2D eigenvalue weighted by molar-refractivity contribution is 5.74. The van der Waals surface area contributed by atoms with Crippen molar-refractivity contribution in [3.8, 4) is 0 Å². The molecule has 1 aromatic rings. The van der Waals surface area contributed by atoms with Gasteiger partial charge in [-0.1, -0.05) is 0 Å². The second-order valence-electron chi connectivity index (χ2n) is 5.73. The second-order valence-corrected chi connectivity index (χ2v) is 5.73. The number of carbonyl (C=O) groups excluding carboxylic acids is 1. The SMILES string of the molecule is O=C(NCC1(CO)CC1)NC1CCCc2occc21. The average molecular weight is 264 g/mol. The minimum Gasteiger partial charge on any atom is -0.469 e. The number of hydrogen-bond donors (Lipinski definition) is 3. The van der Waals surface area contributed by atoms with Crippen molar-refractivity contribution in [2.24, 2.45) is 5.41 Å². The molecule has 1 saturated carbocycles. The van der Waals surface area contributed by atoms with Gasteiger partial charge in [-0.3, -0.25) is 0 Å². The Morgan fingerprint density at radius 1 is 1.53 bits per heavy atom. The summed E-state index contributed by atoms with van der Waals surface area (Å²) in [4.78, 5) is 11.9. The fourth-order valence-electron chi connectivity index (χ4n) is 2.68. The Labute approximate surface area is 112 Å². The molecule has 1 unspecified atom stereocenters. The summed E-state index contributed by atoms with van der Waals surface area (Å²) >= 11 is 0. The summed E-state index contributed by atoms with van der Waals surface area (Å²) in [6, 6.07) is 1.83. The van der Waals surface area contributed by atoms with Crippen molar-refractivity contribution >= 4 is 6.03 Å². The van der Waals surface area contributed by atoms with Gasteiger partial charge in [-0.15, -0.1) is 0 Å². The van der Waals surface area contributed by atoms with Gasteiger partial charge in [-0.25, -0.2) is 4.79 Å². The molecule has 104 valence electrons. The molecular weight excluding hydrogens is 244 g/mol. The molecule has 5 nitrogen and oxygen atoms in total. The summed E-state index contributed by atoms with van der Waals surface area (Å²) in [5, 5.41) is 15.1. The molecule has 1 atom stereocenters. The predicted octanol–water partition coefficient (Wildman–Crippen LogP) is 1.73. The third-order valence-corrected chi connectivity index (χ3v) is 4.27. The fraction of sp³-hybridized carbons (Fsp3) is 0.643. The molecular formula is C14H20N2O3. The zero-order valence-corrected chi connectivity index (χ0v) is 10.9. The Hall–Kier alpha value is -1.49. The monoisotopic (exact) mass is 264 g/mol. The summed E-state index contributed by atoms with van der Waals surface area (Å²) < 4.78 is 5.40. The van der Waals surface area contributed by atoms with Gasteiger partial charge in [0.05, 0.1) is 18.9 Å². The highest BCUT2D eigenvalue weighted by Gasteiger charge is 2.42. The third kappa shape index (κ3) is 2.61. The van der Waals surface area contributed by atoms with Crippen LogP contribution in [0.15, 0.2) is 16.7 Å². The van der Waals surface area contributed by atoms with Crippen molar-refractivity contribution in [1.82, 2.24) is 10.6 Å². The third-order valence-electron chi connectivity index (χ3n) is 4.27. The standard InChI is InChI=1S/C14H20N2O3/c17-9-14(5-6-14)8-15-13(18)16-11-2-1-3-12-10(11)4-7-19-12/h4,7,11,17H,1-3,5-6,8-9H2,(H2,15,16,18). The van der Waals surface area contributed by atoms with Crippen molar-refractivity contribution in [3.05, 3.63) is 23.7 Å². The molecule has 0 bridgehead atoms. The van der Waals surface area contributed by atoms with Crippen molar-refractivity contribution in [1.29, 1.82) is 0 Å². The number of nitrogens with one attached hydrogen (secondary N) is 2. The van der Waals surface area contributed by atoms with E-state index in [4.69, 9.17) is 4.42 Å². The molecule has 2 aliphatic rings. The van der Waals surface area contributed by atoms with E-state index in [2.05, 4.69) is 10.6 Å². The molecule has 2 aliphatic carbocycles. The molecule has 5 heteroatoms. The molecule has 1 fully saturated rings. The maximum absolute atomic E-state index is 11.9. The first kappa shape index (κ1) is 12.5. The van der Waals surface area contributed by atoms with Crippen LogP contribution in [0.2, 0.25) is 0 Å². The molecule has 3 rings (SSSR count). The van der Waals surface area contributed by atoms with E-state index >= 15 is 0 Å². The Morgan fingerprint density at radius 3 is 3.11 bits per heavy atom. The largest absolute Gasteiger partial charge is 0.469 e. The van der Waals surface area contributed by atoms with Crippen LogP contribution in [0.25, 0.3) is 0 Å².